The highest BCUT2D eigenvalue weighted by molar-refractivity contribution is 6.29. The normalized spacial score (nSPS) is 11.0. The molecule has 1 aromatic rings. The van der Waals surface area contributed by atoms with Crippen LogP contribution >= 0.6 is 11.6 Å². The molecule has 0 saturated carbocycles. The molecule has 0 aromatic carbocycles. The number of rotatable bonds is 2. The van der Waals surface area contributed by atoms with Crippen molar-refractivity contribution in [3.05, 3.63) is 23.5 Å². The number of halogens is 4. The summed E-state index contributed by atoms with van der Waals surface area (Å²) < 4.78 is 35.2. The van der Waals surface area contributed by atoms with E-state index < -0.39 is 18.8 Å². The molecule has 0 fully saturated rings. The molecule has 1 rings (SSSR count). The molecule has 4 nitrogen and oxygen atoms in total. The second kappa shape index (κ2) is 5.02. The Hall–Kier alpha value is -1.50. The van der Waals surface area contributed by atoms with Crippen molar-refractivity contribution in [1.29, 1.82) is 0 Å². The van der Waals surface area contributed by atoms with Gasteiger partial charge in [-0.1, -0.05) is 11.6 Å². The van der Waals surface area contributed by atoms with E-state index in [1.807, 2.05) is 0 Å². The van der Waals surface area contributed by atoms with E-state index in [1.54, 1.807) is 5.32 Å². The summed E-state index contributed by atoms with van der Waals surface area (Å²) in [6.45, 7) is -1.39. The molecule has 0 aliphatic heterocycles. The minimum atomic E-state index is -4.44. The quantitative estimate of drug-likeness (QED) is 0.796. The summed E-state index contributed by atoms with van der Waals surface area (Å²) in [5, 5.41) is 3.97. The summed E-state index contributed by atoms with van der Waals surface area (Å²) in [5.41, 5.74) is 0.264. The summed E-state index contributed by atoms with van der Waals surface area (Å²) in [6, 6.07) is 1.76. The number of nitrogens with zero attached hydrogens (tertiary/aromatic N) is 1. The highest BCUT2D eigenvalue weighted by Gasteiger charge is 2.27. The monoisotopic (exact) mass is 253 g/mol. The van der Waals surface area contributed by atoms with Crippen LogP contribution in [0.2, 0.25) is 5.15 Å². The predicted molar refractivity (Wildman–Crippen MR) is 52.3 cm³/mol. The number of urea groups is 1. The van der Waals surface area contributed by atoms with Crippen molar-refractivity contribution in [3.63, 3.8) is 0 Å². The standard InChI is InChI=1S/C8H7ClF3N3O/c9-6-3-5(1-2-13-6)15-7(16)14-4-8(10,11)12/h1-3H,4H2,(H2,13,14,15,16). The van der Waals surface area contributed by atoms with E-state index in [2.05, 4.69) is 10.3 Å². The Morgan fingerprint density at radius 2 is 2.19 bits per heavy atom. The summed E-state index contributed by atoms with van der Waals surface area (Å²) in [4.78, 5) is 14.6. The van der Waals surface area contributed by atoms with Gasteiger partial charge in [-0.05, 0) is 12.1 Å². The van der Waals surface area contributed by atoms with Crippen LogP contribution in [0.5, 0.6) is 0 Å². The van der Waals surface area contributed by atoms with Gasteiger partial charge in [0.1, 0.15) is 11.7 Å². The first-order valence-electron chi connectivity index (χ1n) is 4.10. The van der Waals surface area contributed by atoms with Crippen molar-refractivity contribution in [3.8, 4) is 0 Å². The first kappa shape index (κ1) is 12.6. The fourth-order valence-corrected chi connectivity index (χ4v) is 1.01. The first-order chi connectivity index (χ1) is 7.37. The van der Waals surface area contributed by atoms with Crippen LogP contribution in [0.3, 0.4) is 0 Å². The van der Waals surface area contributed by atoms with Gasteiger partial charge in [-0.3, -0.25) is 0 Å². The molecule has 1 heterocycles. The number of aromatic nitrogens is 1. The number of hydrogen-bond acceptors (Lipinski definition) is 2. The van der Waals surface area contributed by atoms with Gasteiger partial charge in [0.05, 0.1) is 0 Å². The fraction of sp³-hybridized carbons (Fsp3) is 0.250. The Bertz CT molecular complexity index is 383. The van der Waals surface area contributed by atoms with Gasteiger partial charge in [0.2, 0.25) is 0 Å². The molecule has 0 spiro atoms. The van der Waals surface area contributed by atoms with E-state index in [-0.39, 0.29) is 10.8 Å². The molecule has 2 amide bonds. The van der Waals surface area contributed by atoms with E-state index in [1.165, 1.54) is 18.3 Å². The minimum absolute atomic E-state index is 0.133. The molecule has 0 radical (unpaired) electrons. The lowest BCUT2D eigenvalue weighted by Crippen LogP contribution is -2.36. The predicted octanol–water partition coefficient (Wildman–Crippen LogP) is 2.42. The lowest BCUT2D eigenvalue weighted by molar-refractivity contribution is -0.122. The maximum atomic E-state index is 11.7. The molecule has 88 valence electrons. The first-order valence-corrected chi connectivity index (χ1v) is 4.48. The number of hydrogen-bond donors (Lipinski definition) is 2. The van der Waals surface area contributed by atoms with E-state index >= 15 is 0 Å². The van der Waals surface area contributed by atoms with E-state index in [0.29, 0.717) is 0 Å². The van der Waals surface area contributed by atoms with Gasteiger partial charge in [-0.2, -0.15) is 13.2 Å². The van der Waals surface area contributed by atoms with Crippen molar-refractivity contribution >= 4 is 23.3 Å². The van der Waals surface area contributed by atoms with Crippen molar-refractivity contribution in [2.75, 3.05) is 11.9 Å². The highest BCUT2D eigenvalue weighted by Crippen LogP contribution is 2.13. The molecule has 0 atom stereocenters. The number of nitrogens with one attached hydrogen (secondary N) is 2. The van der Waals surface area contributed by atoms with Crippen molar-refractivity contribution in [1.82, 2.24) is 10.3 Å². The highest BCUT2D eigenvalue weighted by atomic mass is 35.5. The number of pyridine rings is 1. The minimum Gasteiger partial charge on any atom is -0.329 e. The fourth-order valence-electron chi connectivity index (χ4n) is 0.836. The molecule has 2 N–H and O–H groups in total. The third-order valence-electron chi connectivity index (χ3n) is 1.43. The Balaban J connectivity index is 2.46. The van der Waals surface area contributed by atoms with Gasteiger partial charge >= 0.3 is 12.2 Å². The molecule has 0 bridgehead atoms. The Morgan fingerprint density at radius 1 is 1.50 bits per heavy atom. The molecular weight excluding hydrogens is 247 g/mol. The van der Waals surface area contributed by atoms with Crippen LogP contribution in [-0.2, 0) is 0 Å². The van der Waals surface area contributed by atoms with Gasteiger partial charge in [-0.15, -0.1) is 0 Å². The molecule has 8 heteroatoms. The summed E-state index contributed by atoms with van der Waals surface area (Å²) in [5.74, 6) is 0. The van der Waals surface area contributed by atoms with E-state index in [4.69, 9.17) is 11.6 Å². The Kier molecular flexibility index (Phi) is 3.94. The molecule has 0 saturated heterocycles. The number of amides is 2. The number of alkyl halides is 3. The van der Waals surface area contributed by atoms with Crippen LogP contribution in [0, 0.1) is 0 Å². The van der Waals surface area contributed by atoms with Crippen LogP contribution in [0.4, 0.5) is 23.7 Å². The van der Waals surface area contributed by atoms with Crippen LogP contribution in [0.25, 0.3) is 0 Å². The van der Waals surface area contributed by atoms with Crippen LogP contribution in [-0.4, -0.2) is 23.7 Å². The maximum absolute atomic E-state index is 11.7. The topological polar surface area (TPSA) is 54.0 Å². The van der Waals surface area contributed by atoms with Crippen molar-refractivity contribution in [2.45, 2.75) is 6.18 Å². The third kappa shape index (κ3) is 4.83. The summed E-state index contributed by atoms with van der Waals surface area (Å²) >= 11 is 5.52. The lowest BCUT2D eigenvalue weighted by Gasteiger charge is -2.09. The third-order valence-corrected chi connectivity index (χ3v) is 1.64. The average Bonchev–Trinajstić information content (AvgIpc) is 2.14. The van der Waals surface area contributed by atoms with Crippen LogP contribution in [0.1, 0.15) is 0 Å². The van der Waals surface area contributed by atoms with Gasteiger partial charge in [0, 0.05) is 11.9 Å². The number of carbonyl (C=O) groups is 1. The second-order valence-electron chi connectivity index (χ2n) is 2.79. The SMILES string of the molecule is O=C(NCC(F)(F)F)Nc1ccnc(Cl)c1. The zero-order chi connectivity index (χ0) is 12.2. The second-order valence-corrected chi connectivity index (χ2v) is 3.18. The molecule has 16 heavy (non-hydrogen) atoms. The van der Waals surface area contributed by atoms with Gasteiger partial charge in [-0.25, -0.2) is 9.78 Å². The molecule has 0 aliphatic carbocycles. The van der Waals surface area contributed by atoms with Crippen molar-refractivity contribution in [2.24, 2.45) is 0 Å². The summed E-state index contributed by atoms with van der Waals surface area (Å²) in [6.07, 6.45) is -3.12. The van der Waals surface area contributed by atoms with Gasteiger partial charge in [0.15, 0.2) is 0 Å². The molecule has 0 aliphatic rings. The Labute approximate surface area is 93.8 Å². The maximum Gasteiger partial charge on any atom is 0.405 e. The van der Waals surface area contributed by atoms with E-state index in [9.17, 15) is 18.0 Å². The lowest BCUT2D eigenvalue weighted by atomic mass is 10.4. The van der Waals surface area contributed by atoms with Gasteiger partial charge < -0.3 is 10.6 Å². The van der Waals surface area contributed by atoms with Crippen LogP contribution in [0.15, 0.2) is 18.3 Å². The zero-order valence-corrected chi connectivity index (χ0v) is 8.56. The average molecular weight is 254 g/mol. The van der Waals surface area contributed by atoms with Crippen LogP contribution < -0.4 is 10.6 Å². The number of carbonyl (C=O) groups excluding carboxylic acids is 1. The zero-order valence-electron chi connectivity index (χ0n) is 7.81. The smallest absolute Gasteiger partial charge is 0.329 e. The molecule has 0 unspecified atom stereocenters. The van der Waals surface area contributed by atoms with Gasteiger partial charge in [0.25, 0.3) is 0 Å². The van der Waals surface area contributed by atoms with Crippen molar-refractivity contribution < 1.29 is 18.0 Å². The largest absolute Gasteiger partial charge is 0.405 e. The number of anilines is 1. The molecular formula is C8H7ClF3N3O. The summed E-state index contributed by atoms with van der Waals surface area (Å²) in [7, 11) is 0. The van der Waals surface area contributed by atoms with E-state index in [0.717, 1.165) is 0 Å². The molecule has 1 aromatic heterocycles. The Morgan fingerprint density at radius 3 is 2.75 bits per heavy atom.